The second kappa shape index (κ2) is 6.95. The molecule has 3 amide bonds. The molecule has 0 saturated carbocycles. The van der Waals surface area contributed by atoms with Crippen molar-refractivity contribution in [2.24, 2.45) is 0 Å². The molecule has 0 fully saturated rings. The quantitative estimate of drug-likeness (QED) is 0.622. The van der Waals surface area contributed by atoms with E-state index < -0.39 is 11.7 Å². The van der Waals surface area contributed by atoms with E-state index in [4.69, 9.17) is 4.74 Å². The van der Waals surface area contributed by atoms with Crippen molar-refractivity contribution in [3.05, 3.63) is 0 Å². The van der Waals surface area contributed by atoms with Crippen molar-refractivity contribution >= 4 is 12.1 Å². The van der Waals surface area contributed by atoms with Gasteiger partial charge in [0.05, 0.1) is 0 Å². The lowest BCUT2D eigenvalue weighted by Gasteiger charge is -2.24. The smallest absolute Gasteiger partial charge is 0.410 e. The third-order valence-corrected chi connectivity index (χ3v) is 1.68. The van der Waals surface area contributed by atoms with Crippen molar-refractivity contribution in [1.82, 2.24) is 21.1 Å². The molecule has 0 aliphatic carbocycles. The summed E-state index contributed by atoms with van der Waals surface area (Å²) in [6.45, 7) is 6.14. The number of nitrogens with zero attached hydrogens (tertiary/aromatic N) is 1. The molecule has 3 N–H and O–H groups in total. The molecule has 0 bridgehead atoms. The molecule has 0 aromatic carbocycles. The number of carbonyl (C=O) groups is 2. The Hall–Kier alpha value is -1.50. The highest BCUT2D eigenvalue weighted by molar-refractivity contribution is 5.73. The summed E-state index contributed by atoms with van der Waals surface area (Å²) in [5.74, 6) is 0. The Kier molecular flexibility index (Phi) is 6.34. The van der Waals surface area contributed by atoms with Gasteiger partial charge in [-0.05, 0) is 20.8 Å². The van der Waals surface area contributed by atoms with E-state index in [1.807, 2.05) is 0 Å². The van der Waals surface area contributed by atoms with Crippen molar-refractivity contribution in [3.63, 3.8) is 0 Å². The lowest BCUT2D eigenvalue weighted by atomic mass is 10.2. The van der Waals surface area contributed by atoms with Crippen molar-refractivity contribution in [1.29, 1.82) is 0 Å². The number of rotatable bonds is 4. The van der Waals surface area contributed by atoms with E-state index in [0.29, 0.717) is 13.1 Å². The number of ether oxygens (including phenoxy) is 1. The normalized spacial score (nSPS) is 10.6. The first-order valence-electron chi connectivity index (χ1n) is 5.41. The van der Waals surface area contributed by atoms with Crippen LogP contribution in [0.1, 0.15) is 20.8 Å². The number of hydrazine groups is 1. The van der Waals surface area contributed by atoms with E-state index in [1.165, 1.54) is 4.90 Å². The Morgan fingerprint density at radius 2 is 1.88 bits per heavy atom. The maximum absolute atomic E-state index is 11.5. The van der Waals surface area contributed by atoms with Gasteiger partial charge >= 0.3 is 12.1 Å². The maximum Gasteiger partial charge on any atom is 0.410 e. The van der Waals surface area contributed by atoms with Crippen LogP contribution in [0.4, 0.5) is 9.59 Å². The molecule has 0 unspecified atom stereocenters. The van der Waals surface area contributed by atoms with Crippen LogP contribution in [-0.4, -0.2) is 49.8 Å². The minimum absolute atomic E-state index is 0.343. The van der Waals surface area contributed by atoms with Gasteiger partial charge in [0.15, 0.2) is 0 Å². The number of nitrogens with one attached hydrogen (secondary N) is 3. The maximum atomic E-state index is 11.5. The summed E-state index contributed by atoms with van der Waals surface area (Å²) in [5.41, 5.74) is 4.33. The predicted molar refractivity (Wildman–Crippen MR) is 64.5 cm³/mol. The van der Waals surface area contributed by atoms with Gasteiger partial charge in [-0.2, -0.15) is 0 Å². The molecule has 17 heavy (non-hydrogen) atoms. The monoisotopic (exact) mass is 246 g/mol. The fourth-order valence-electron chi connectivity index (χ4n) is 0.926. The minimum Gasteiger partial charge on any atom is -0.444 e. The molecular weight excluding hydrogens is 224 g/mol. The molecule has 0 aliphatic rings. The van der Waals surface area contributed by atoms with Crippen LogP contribution in [0.3, 0.4) is 0 Å². The summed E-state index contributed by atoms with van der Waals surface area (Å²) in [5, 5.41) is 2.57. The third-order valence-electron chi connectivity index (χ3n) is 1.68. The lowest BCUT2D eigenvalue weighted by molar-refractivity contribution is 0.0301. The molecule has 0 aromatic heterocycles. The van der Waals surface area contributed by atoms with Gasteiger partial charge in [0.1, 0.15) is 5.60 Å². The highest BCUT2D eigenvalue weighted by atomic mass is 16.6. The molecule has 0 radical (unpaired) electrons. The Bertz CT molecular complexity index is 263. The number of carbonyl (C=O) groups excluding carboxylic acids is 2. The van der Waals surface area contributed by atoms with Gasteiger partial charge in [0.2, 0.25) is 0 Å². The zero-order chi connectivity index (χ0) is 13.5. The van der Waals surface area contributed by atoms with Gasteiger partial charge < -0.3 is 15.0 Å². The Labute approximate surface area is 102 Å². The van der Waals surface area contributed by atoms with Crippen LogP contribution < -0.4 is 16.2 Å². The summed E-state index contributed by atoms with van der Waals surface area (Å²) in [6, 6.07) is -0.343. The molecule has 0 rings (SSSR count). The number of likely N-dealkylation sites (N-methyl/N-ethyl adjacent to an activating group) is 1. The van der Waals surface area contributed by atoms with Crippen molar-refractivity contribution < 1.29 is 14.3 Å². The van der Waals surface area contributed by atoms with E-state index in [-0.39, 0.29) is 6.03 Å². The number of hydrogen-bond donors (Lipinski definition) is 3. The molecule has 0 aromatic rings. The van der Waals surface area contributed by atoms with Gasteiger partial charge in [0.25, 0.3) is 0 Å². The van der Waals surface area contributed by atoms with Gasteiger partial charge in [-0.1, -0.05) is 0 Å². The molecule has 7 nitrogen and oxygen atoms in total. The summed E-state index contributed by atoms with van der Waals surface area (Å²) in [6.07, 6.45) is -0.409. The van der Waals surface area contributed by atoms with Crippen molar-refractivity contribution in [2.75, 3.05) is 27.2 Å². The van der Waals surface area contributed by atoms with Crippen LogP contribution in [0.2, 0.25) is 0 Å². The molecular formula is C10H22N4O3. The summed E-state index contributed by atoms with van der Waals surface area (Å²) < 4.78 is 5.15. The molecule has 100 valence electrons. The van der Waals surface area contributed by atoms with Crippen LogP contribution in [0.15, 0.2) is 0 Å². The molecule has 0 spiro atoms. The number of amides is 3. The largest absolute Gasteiger partial charge is 0.444 e. The Balaban J connectivity index is 3.82. The number of hydrogen-bond acceptors (Lipinski definition) is 4. The van der Waals surface area contributed by atoms with Crippen molar-refractivity contribution in [3.8, 4) is 0 Å². The van der Waals surface area contributed by atoms with E-state index in [0.717, 1.165) is 0 Å². The lowest BCUT2D eigenvalue weighted by Crippen LogP contribution is -2.45. The average Bonchev–Trinajstić information content (AvgIpc) is 2.15. The molecule has 7 heteroatoms. The predicted octanol–water partition coefficient (Wildman–Crippen LogP) is 0.287. The van der Waals surface area contributed by atoms with Gasteiger partial charge in [-0.15, -0.1) is 0 Å². The highest BCUT2D eigenvalue weighted by Gasteiger charge is 2.19. The zero-order valence-corrected chi connectivity index (χ0v) is 11.1. The highest BCUT2D eigenvalue weighted by Crippen LogP contribution is 2.08. The zero-order valence-electron chi connectivity index (χ0n) is 11.1. The van der Waals surface area contributed by atoms with E-state index in [1.54, 1.807) is 34.9 Å². The van der Waals surface area contributed by atoms with Gasteiger partial charge in [-0.25, -0.2) is 15.0 Å². The Morgan fingerprint density at radius 3 is 2.35 bits per heavy atom. The standard InChI is InChI=1S/C10H22N4O3/c1-10(2,3)17-9(16)14(5)7-6-12-8(15)13-11-4/h11H,6-7H2,1-5H3,(H2,12,13,15). The molecule has 0 heterocycles. The fraction of sp³-hybridized carbons (Fsp3) is 0.800. The Morgan fingerprint density at radius 1 is 1.29 bits per heavy atom. The van der Waals surface area contributed by atoms with Crippen LogP contribution in [-0.2, 0) is 4.74 Å². The first-order valence-corrected chi connectivity index (χ1v) is 5.41. The number of urea groups is 1. The van der Waals surface area contributed by atoms with Crippen LogP contribution >= 0.6 is 0 Å². The second-order valence-corrected chi connectivity index (χ2v) is 4.53. The summed E-state index contributed by atoms with van der Waals surface area (Å²) in [7, 11) is 3.21. The SMILES string of the molecule is CNNC(=O)NCCN(C)C(=O)OC(C)(C)C. The topological polar surface area (TPSA) is 82.7 Å². The van der Waals surface area contributed by atoms with E-state index in [2.05, 4.69) is 16.2 Å². The fourth-order valence-corrected chi connectivity index (χ4v) is 0.926. The van der Waals surface area contributed by atoms with Gasteiger partial charge in [0, 0.05) is 27.2 Å². The molecule has 0 saturated heterocycles. The molecule has 0 atom stereocenters. The van der Waals surface area contributed by atoms with Crippen LogP contribution in [0.25, 0.3) is 0 Å². The first kappa shape index (κ1) is 15.5. The molecule has 0 aliphatic heterocycles. The average molecular weight is 246 g/mol. The minimum atomic E-state index is -0.512. The van der Waals surface area contributed by atoms with E-state index >= 15 is 0 Å². The first-order chi connectivity index (χ1) is 7.76. The van der Waals surface area contributed by atoms with Crippen LogP contribution in [0.5, 0.6) is 0 Å². The summed E-state index contributed by atoms with van der Waals surface area (Å²) >= 11 is 0. The second-order valence-electron chi connectivity index (χ2n) is 4.53. The van der Waals surface area contributed by atoms with Gasteiger partial charge in [-0.3, -0.25) is 5.43 Å². The van der Waals surface area contributed by atoms with Crippen LogP contribution in [0, 0.1) is 0 Å². The third kappa shape index (κ3) is 8.32. The van der Waals surface area contributed by atoms with Crippen molar-refractivity contribution in [2.45, 2.75) is 26.4 Å². The summed E-state index contributed by atoms with van der Waals surface area (Å²) in [4.78, 5) is 23.9. The van der Waals surface area contributed by atoms with E-state index in [9.17, 15) is 9.59 Å².